The molecular formula is C51H83Cl3N18O10S6. The minimum Gasteiger partial charge on any atom is -0.412 e. The second-order valence-corrected chi connectivity index (χ2v) is 32.9. The normalized spacial score (nSPS) is 18.0. The van der Waals surface area contributed by atoms with Crippen LogP contribution >= 0.6 is 67.9 Å². The summed E-state index contributed by atoms with van der Waals surface area (Å²) in [6.45, 7) is 31.3. The Kier molecular flexibility index (Phi) is 29.5. The van der Waals surface area contributed by atoms with Crippen molar-refractivity contribution in [3.8, 4) is 0 Å². The average molecular weight is 1410 g/mol. The summed E-state index contributed by atoms with van der Waals surface area (Å²) in [4.78, 5) is 45.6. The number of aliphatic hydroxyl groups is 3. The van der Waals surface area contributed by atoms with Gasteiger partial charge in [0.05, 0.1) is 35.4 Å². The van der Waals surface area contributed by atoms with E-state index in [0.717, 1.165) is 71.4 Å². The number of nitrogens with zero attached hydrogens (tertiary/aromatic N) is 15. The maximum Gasteiger partial charge on any atom is 0.272 e. The van der Waals surface area contributed by atoms with E-state index in [1.54, 1.807) is 78.7 Å². The lowest BCUT2D eigenvalue weighted by molar-refractivity contribution is 0.0772. The topological polar surface area (TPSA) is 403 Å². The first-order valence-electron chi connectivity index (χ1n) is 27.3. The molecule has 37 heteroatoms. The Labute approximate surface area is 543 Å². The fourth-order valence-electron chi connectivity index (χ4n) is 8.40. The van der Waals surface area contributed by atoms with Crippen molar-refractivity contribution >= 4 is 120 Å². The highest BCUT2D eigenvalue weighted by atomic mass is 35.7. The van der Waals surface area contributed by atoms with Crippen LogP contribution < -0.4 is 31.9 Å². The predicted octanol–water partition coefficient (Wildman–Crippen LogP) is 5.27. The Hall–Kier alpha value is -4.31. The molecule has 0 saturated carbocycles. The third-order valence-electron chi connectivity index (χ3n) is 13.7. The summed E-state index contributed by atoms with van der Waals surface area (Å²) in [5, 5.41) is 33.4. The molecule has 494 valence electrons. The van der Waals surface area contributed by atoms with Gasteiger partial charge >= 0.3 is 0 Å². The van der Waals surface area contributed by atoms with E-state index in [1.165, 1.54) is 40.6 Å². The first-order valence-corrected chi connectivity index (χ1v) is 35.7. The third-order valence-corrected chi connectivity index (χ3v) is 23.4. The van der Waals surface area contributed by atoms with Crippen LogP contribution in [0.1, 0.15) is 99.8 Å². The van der Waals surface area contributed by atoms with Gasteiger partial charge in [-0.2, -0.15) is 8.61 Å². The van der Waals surface area contributed by atoms with Crippen molar-refractivity contribution in [2.24, 2.45) is 0 Å². The second kappa shape index (κ2) is 33.3. The Balaban J connectivity index is 0.000000306. The van der Waals surface area contributed by atoms with Crippen LogP contribution in [0.2, 0.25) is 8.93 Å². The standard InChI is InChI=1S/C15H20ClN5O3S2.C15H22N6O3S2.C12H20N4O.C6H15N.C3HCl2NO2S2.H3N.H2O/c2*1-10-9-20(26(23,24)12-8-17-13(16)25-12)4-5-21(10)14-18-6-11(7-19-14)15(2,3)22;1-9-6-13-4-5-16(9)11-14-7-10(8-15-11)12(2,3)17;1-4-7(5-2)6-3;4-3-6-1-2(9-3)10(5,7)8;;/h6-8,10,22H,4-5,9H2,1-3H3;6-8,10,22H,4-5,9H2,1-3H3,(H2,16,17);7-9,13,17H,4-6H2,1-3H3;4-6H2,1-3H3;1H;1H3;1H2/t2*10-;9-;;;;/m000..../s1. The quantitative estimate of drug-likeness (QED) is 0.0757. The molecule has 3 aliphatic heterocycles. The van der Waals surface area contributed by atoms with E-state index in [1.807, 2.05) is 23.6 Å². The maximum atomic E-state index is 12.7. The van der Waals surface area contributed by atoms with Crippen molar-refractivity contribution in [1.29, 1.82) is 0 Å². The van der Waals surface area contributed by atoms with Crippen LogP contribution in [0.3, 0.4) is 0 Å². The SMILES string of the molecule is CCN(CC)CC.C[C@H]1CN(S(=O)(=O)c2cnc(Cl)s2)CCN1c1ncc(C(C)(C)O)cn1.C[C@H]1CN(S(=O)(=O)c2cnc(N)s2)CCN1c1ncc(C(C)(C)O)cn1.C[C@H]1CNCCN1c1ncc(C(C)(C)O)cn1.N.O.O=S(=O)(Cl)c1cnc(Cl)s1. The maximum absolute atomic E-state index is 12.7. The number of thiazole rings is 3. The Morgan fingerprint density at radius 1 is 0.545 bits per heavy atom. The van der Waals surface area contributed by atoms with Gasteiger partial charge in [-0.25, -0.2) is 70.1 Å². The number of piperazine rings is 3. The highest BCUT2D eigenvalue weighted by Gasteiger charge is 2.36. The molecule has 9 rings (SSSR count). The molecule has 0 unspecified atom stereocenters. The molecule has 0 aliphatic carbocycles. The average Bonchev–Trinajstić information content (AvgIpc) is 4.05. The van der Waals surface area contributed by atoms with Gasteiger partial charge in [0.1, 0.15) is 0 Å². The van der Waals surface area contributed by atoms with Crippen LogP contribution in [0.4, 0.5) is 23.0 Å². The van der Waals surface area contributed by atoms with Crippen molar-refractivity contribution < 1.29 is 46.0 Å². The summed E-state index contributed by atoms with van der Waals surface area (Å²) in [6, 6.07) is 0.198. The van der Waals surface area contributed by atoms with Crippen LogP contribution in [0.5, 0.6) is 0 Å². The zero-order valence-electron chi connectivity index (χ0n) is 51.3. The summed E-state index contributed by atoms with van der Waals surface area (Å²) < 4.78 is 75.4. The molecular weight excluding hydrogens is 1320 g/mol. The largest absolute Gasteiger partial charge is 0.412 e. The smallest absolute Gasteiger partial charge is 0.272 e. The number of nitrogens with one attached hydrogen (secondary N) is 1. The molecule has 3 atom stereocenters. The lowest BCUT2D eigenvalue weighted by Crippen LogP contribution is -2.54. The Morgan fingerprint density at radius 2 is 0.875 bits per heavy atom. The van der Waals surface area contributed by atoms with E-state index in [2.05, 4.69) is 87.7 Å². The first kappa shape index (κ1) is 77.9. The Morgan fingerprint density at radius 3 is 1.12 bits per heavy atom. The summed E-state index contributed by atoms with van der Waals surface area (Å²) in [7, 11) is -5.88. The van der Waals surface area contributed by atoms with Crippen molar-refractivity contribution in [2.45, 2.75) is 131 Å². The summed E-state index contributed by atoms with van der Waals surface area (Å²) >= 11 is 13.9. The molecule has 0 spiro atoms. The number of aromatic nitrogens is 9. The molecule has 3 saturated heterocycles. The van der Waals surface area contributed by atoms with Gasteiger partial charge in [0, 0.05) is 142 Å². The molecule has 9 heterocycles. The van der Waals surface area contributed by atoms with E-state index in [9.17, 15) is 40.6 Å². The molecule has 0 aromatic carbocycles. The van der Waals surface area contributed by atoms with Crippen molar-refractivity contribution in [3.63, 3.8) is 0 Å². The van der Waals surface area contributed by atoms with Gasteiger partial charge in [0.2, 0.25) is 17.8 Å². The fraction of sp³-hybridized carbons (Fsp3) is 0.588. The van der Waals surface area contributed by atoms with Crippen LogP contribution in [0, 0.1) is 0 Å². The molecule has 28 nitrogen and oxygen atoms in total. The van der Waals surface area contributed by atoms with Gasteiger partial charge in [0.15, 0.2) is 26.7 Å². The molecule has 6 aromatic heterocycles. The van der Waals surface area contributed by atoms with E-state index >= 15 is 0 Å². The van der Waals surface area contributed by atoms with E-state index in [4.69, 9.17) is 39.6 Å². The molecule has 11 N–H and O–H groups in total. The predicted molar refractivity (Wildman–Crippen MR) is 349 cm³/mol. The minimum absolute atomic E-state index is 0. The first-order chi connectivity index (χ1) is 40.0. The van der Waals surface area contributed by atoms with E-state index < -0.39 is 45.9 Å². The third kappa shape index (κ3) is 21.9. The van der Waals surface area contributed by atoms with Crippen LogP contribution in [0.15, 0.2) is 68.4 Å². The summed E-state index contributed by atoms with van der Waals surface area (Å²) in [5.74, 6) is 1.78. The van der Waals surface area contributed by atoms with Gasteiger partial charge in [-0.15, -0.1) is 0 Å². The number of nitrogen functional groups attached to an aromatic ring is 1. The van der Waals surface area contributed by atoms with Crippen molar-refractivity contribution in [3.05, 3.63) is 81.4 Å². The molecule has 0 radical (unpaired) electrons. The number of halogens is 3. The van der Waals surface area contributed by atoms with Gasteiger partial charge < -0.3 is 57.6 Å². The lowest BCUT2D eigenvalue weighted by Gasteiger charge is -2.38. The zero-order chi connectivity index (χ0) is 64.2. The molecule has 3 aliphatic rings. The van der Waals surface area contributed by atoms with E-state index in [-0.39, 0.29) is 50.4 Å². The number of hydrogen-bond donors (Lipinski definition) is 6. The number of rotatable bonds is 14. The van der Waals surface area contributed by atoms with Gasteiger partial charge in [-0.1, -0.05) is 78.0 Å². The fourth-order valence-corrected chi connectivity index (χ4v) is 16.0. The lowest BCUT2D eigenvalue weighted by atomic mass is 10.0. The van der Waals surface area contributed by atoms with Gasteiger partial charge in [0.25, 0.3) is 29.1 Å². The molecule has 0 amide bonds. The van der Waals surface area contributed by atoms with Crippen LogP contribution in [-0.2, 0) is 45.9 Å². The molecule has 3 fully saturated rings. The number of anilines is 4. The zero-order valence-corrected chi connectivity index (χ0v) is 58.4. The molecule has 6 aromatic rings. The Bertz CT molecular complexity index is 3270. The van der Waals surface area contributed by atoms with Crippen LogP contribution in [0.25, 0.3) is 0 Å². The van der Waals surface area contributed by atoms with Crippen molar-refractivity contribution in [1.82, 2.24) is 69.8 Å². The molecule has 88 heavy (non-hydrogen) atoms. The van der Waals surface area contributed by atoms with Gasteiger partial charge in [-0.3, -0.25) is 0 Å². The highest BCUT2D eigenvalue weighted by molar-refractivity contribution is 8.15. The molecule has 0 bridgehead atoms. The second-order valence-electron chi connectivity index (χ2n) is 21.5. The van der Waals surface area contributed by atoms with Gasteiger partial charge in [-0.05, 0) is 81.9 Å². The monoisotopic (exact) mass is 1400 g/mol. The van der Waals surface area contributed by atoms with Crippen LogP contribution in [-0.4, -0.2) is 201 Å². The number of hydrogen-bond acceptors (Lipinski definition) is 28. The van der Waals surface area contributed by atoms with E-state index in [0.29, 0.717) is 68.3 Å². The minimum atomic E-state index is -3.64. The van der Waals surface area contributed by atoms with Crippen molar-refractivity contribution in [2.75, 3.05) is 99.0 Å². The highest BCUT2D eigenvalue weighted by Crippen LogP contribution is 2.31. The summed E-state index contributed by atoms with van der Waals surface area (Å²) in [5.41, 5.74) is 4.65. The summed E-state index contributed by atoms with van der Waals surface area (Å²) in [6.07, 6.45) is 13.5. The number of sulfonamides is 2. The number of nitrogens with two attached hydrogens (primary N) is 1.